The fourth-order valence-corrected chi connectivity index (χ4v) is 4.47. The minimum atomic E-state index is 0.302. The Labute approximate surface area is 125 Å². The SMILES string of the molecule is CCNC1CCCc2nc(N3CC(C)OCC3C)sc21. The molecule has 0 aromatic carbocycles. The number of thiazole rings is 1. The van der Waals surface area contributed by atoms with Gasteiger partial charge >= 0.3 is 0 Å². The molecule has 1 aromatic heterocycles. The van der Waals surface area contributed by atoms with Crippen LogP contribution >= 0.6 is 11.3 Å². The molecular formula is C15H25N3OS. The zero-order valence-electron chi connectivity index (χ0n) is 12.7. The summed E-state index contributed by atoms with van der Waals surface area (Å²) < 4.78 is 5.73. The highest BCUT2D eigenvalue weighted by atomic mass is 32.1. The first-order valence-electron chi connectivity index (χ1n) is 7.80. The minimum Gasteiger partial charge on any atom is -0.375 e. The van der Waals surface area contributed by atoms with Crippen molar-refractivity contribution in [2.24, 2.45) is 0 Å². The molecule has 1 aromatic rings. The molecule has 3 rings (SSSR count). The van der Waals surface area contributed by atoms with Crippen LogP contribution in [0.1, 0.15) is 50.2 Å². The van der Waals surface area contributed by atoms with Crippen molar-refractivity contribution in [1.29, 1.82) is 0 Å². The van der Waals surface area contributed by atoms with E-state index in [1.54, 1.807) is 0 Å². The number of hydrogen-bond donors (Lipinski definition) is 1. The van der Waals surface area contributed by atoms with Gasteiger partial charge in [-0.3, -0.25) is 0 Å². The van der Waals surface area contributed by atoms with Crippen LogP contribution in [0.3, 0.4) is 0 Å². The van der Waals surface area contributed by atoms with Crippen LogP contribution in [0, 0.1) is 0 Å². The quantitative estimate of drug-likeness (QED) is 0.930. The average Bonchev–Trinajstić information content (AvgIpc) is 2.87. The summed E-state index contributed by atoms with van der Waals surface area (Å²) in [6, 6.07) is 0.945. The summed E-state index contributed by atoms with van der Waals surface area (Å²) in [6.07, 6.45) is 3.94. The molecule has 20 heavy (non-hydrogen) atoms. The molecule has 1 fully saturated rings. The zero-order chi connectivity index (χ0) is 14.1. The van der Waals surface area contributed by atoms with E-state index in [4.69, 9.17) is 9.72 Å². The van der Waals surface area contributed by atoms with Gasteiger partial charge in [0.25, 0.3) is 0 Å². The molecule has 2 aliphatic rings. The lowest BCUT2D eigenvalue weighted by atomic mass is 9.98. The van der Waals surface area contributed by atoms with Gasteiger partial charge in [0.1, 0.15) is 0 Å². The van der Waals surface area contributed by atoms with Crippen LogP contribution in [-0.2, 0) is 11.2 Å². The van der Waals surface area contributed by atoms with E-state index in [9.17, 15) is 0 Å². The van der Waals surface area contributed by atoms with Gasteiger partial charge in [-0.05, 0) is 39.7 Å². The van der Waals surface area contributed by atoms with Crippen molar-refractivity contribution in [2.45, 2.75) is 58.2 Å². The van der Waals surface area contributed by atoms with E-state index in [1.807, 2.05) is 11.3 Å². The van der Waals surface area contributed by atoms with E-state index in [1.165, 1.54) is 28.5 Å². The van der Waals surface area contributed by atoms with Gasteiger partial charge in [-0.1, -0.05) is 18.3 Å². The van der Waals surface area contributed by atoms with Gasteiger partial charge in [0.05, 0.1) is 24.4 Å². The molecule has 3 unspecified atom stereocenters. The van der Waals surface area contributed by atoms with Crippen molar-refractivity contribution in [3.63, 3.8) is 0 Å². The summed E-state index contributed by atoms with van der Waals surface area (Å²) in [5, 5.41) is 4.80. The number of nitrogens with one attached hydrogen (secondary N) is 1. The van der Waals surface area contributed by atoms with Crippen LogP contribution in [-0.4, -0.2) is 36.8 Å². The fourth-order valence-electron chi connectivity index (χ4n) is 3.14. The Bertz CT molecular complexity index is 462. The third-order valence-electron chi connectivity index (χ3n) is 4.24. The highest BCUT2D eigenvalue weighted by Crippen LogP contribution is 2.38. The molecule has 0 saturated carbocycles. The molecule has 0 radical (unpaired) electrons. The van der Waals surface area contributed by atoms with Crippen LogP contribution in [0.2, 0.25) is 0 Å². The smallest absolute Gasteiger partial charge is 0.186 e. The Morgan fingerprint density at radius 3 is 3.10 bits per heavy atom. The standard InChI is InChI=1S/C15H25N3OS/c1-4-16-12-6-5-7-13-14(12)20-15(17-13)18-8-11(3)19-9-10(18)2/h10-12,16H,4-9H2,1-3H3. The van der Waals surface area contributed by atoms with E-state index in [0.717, 1.165) is 26.1 Å². The first-order valence-corrected chi connectivity index (χ1v) is 8.62. The van der Waals surface area contributed by atoms with Gasteiger partial charge < -0.3 is 15.0 Å². The van der Waals surface area contributed by atoms with Crippen molar-refractivity contribution in [3.05, 3.63) is 10.6 Å². The lowest BCUT2D eigenvalue weighted by molar-refractivity contribution is 0.0343. The summed E-state index contributed by atoms with van der Waals surface area (Å²) in [4.78, 5) is 8.84. The number of aryl methyl sites for hydroxylation is 1. The van der Waals surface area contributed by atoms with E-state index in [-0.39, 0.29) is 0 Å². The average molecular weight is 295 g/mol. The molecule has 1 N–H and O–H groups in total. The predicted octanol–water partition coefficient (Wildman–Crippen LogP) is 2.74. The van der Waals surface area contributed by atoms with Crippen molar-refractivity contribution in [3.8, 4) is 0 Å². The molecule has 5 heteroatoms. The Morgan fingerprint density at radius 2 is 2.30 bits per heavy atom. The third-order valence-corrected chi connectivity index (χ3v) is 5.49. The fraction of sp³-hybridized carbons (Fsp3) is 0.800. The number of rotatable bonds is 3. The molecule has 1 aliphatic carbocycles. The lowest BCUT2D eigenvalue weighted by Gasteiger charge is -2.36. The van der Waals surface area contributed by atoms with Crippen LogP contribution in [0.25, 0.3) is 0 Å². The van der Waals surface area contributed by atoms with Crippen molar-refractivity contribution in [1.82, 2.24) is 10.3 Å². The van der Waals surface area contributed by atoms with Crippen molar-refractivity contribution in [2.75, 3.05) is 24.6 Å². The zero-order valence-corrected chi connectivity index (χ0v) is 13.5. The molecular weight excluding hydrogens is 270 g/mol. The Kier molecular flexibility index (Phi) is 4.29. The molecule has 0 bridgehead atoms. The van der Waals surface area contributed by atoms with E-state index in [2.05, 4.69) is 31.0 Å². The number of nitrogens with zero attached hydrogens (tertiary/aromatic N) is 2. The normalized spacial score (nSPS) is 30.4. The minimum absolute atomic E-state index is 0.302. The second-order valence-corrected chi connectivity index (χ2v) is 6.96. The van der Waals surface area contributed by atoms with Crippen LogP contribution in [0.4, 0.5) is 5.13 Å². The van der Waals surface area contributed by atoms with Gasteiger partial charge in [-0.2, -0.15) is 0 Å². The molecule has 0 amide bonds. The lowest BCUT2D eigenvalue weighted by Crippen LogP contribution is -2.47. The van der Waals surface area contributed by atoms with E-state index in [0.29, 0.717) is 18.2 Å². The largest absolute Gasteiger partial charge is 0.375 e. The maximum absolute atomic E-state index is 5.73. The molecule has 1 aliphatic heterocycles. The first kappa shape index (κ1) is 14.3. The molecule has 4 nitrogen and oxygen atoms in total. The summed E-state index contributed by atoms with van der Waals surface area (Å²) in [6.45, 7) is 9.35. The van der Waals surface area contributed by atoms with Gasteiger partial charge in [0.15, 0.2) is 5.13 Å². The van der Waals surface area contributed by atoms with Crippen LogP contribution < -0.4 is 10.2 Å². The Morgan fingerprint density at radius 1 is 1.45 bits per heavy atom. The van der Waals surface area contributed by atoms with E-state index >= 15 is 0 Å². The Balaban J connectivity index is 1.84. The van der Waals surface area contributed by atoms with Gasteiger partial charge in [0, 0.05) is 17.5 Å². The monoisotopic (exact) mass is 295 g/mol. The topological polar surface area (TPSA) is 37.4 Å². The third kappa shape index (κ3) is 2.71. The summed E-state index contributed by atoms with van der Waals surface area (Å²) in [7, 11) is 0. The highest BCUT2D eigenvalue weighted by Gasteiger charge is 2.30. The second-order valence-electron chi connectivity index (χ2n) is 5.96. The van der Waals surface area contributed by atoms with Crippen molar-refractivity contribution < 1.29 is 4.74 Å². The molecule has 3 atom stereocenters. The molecule has 0 spiro atoms. The summed E-state index contributed by atoms with van der Waals surface area (Å²) in [5.74, 6) is 0. The molecule has 2 heterocycles. The number of ether oxygens (including phenoxy) is 1. The van der Waals surface area contributed by atoms with Crippen LogP contribution in [0.5, 0.6) is 0 Å². The van der Waals surface area contributed by atoms with Crippen LogP contribution in [0.15, 0.2) is 0 Å². The van der Waals surface area contributed by atoms with Gasteiger partial charge in [-0.15, -0.1) is 0 Å². The molecule has 1 saturated heterocycles. The maximum atomic E-state index is 5.73. The predicted molar refractivity (Wildman–Crippen MR) is 83.7 cm³/mol. The number of hydrogen-bond acceptors (Lipinski definition) is 5. The first-order chi connectivity index (χ1) is 9.69. The number of morpholine rings is 1. The maximum Gasteiger partial charge on any atom is 0.186 e. The van der Waals surface area contributed by atoms with Gasteiger partial charge in [0.2, 0.25) is 0 Å². The Hall–Kier alpha value is -0.650. The summed E-state index contributed by atoms with van der Waals surface area (Å²) in [5.41, 5.74) is 1.33. The second kappa shape index (κ2) is 6.00. The van der Waals surface area contributed by atoms with Crippen molar-refractivity contribution >= 4 is 16.5 Å². The molecule has 112 valence electrons. The summed E-state index contributed by atoms with van der Waals surface area (Å²) >= 11 is 1.89. The number of fused-ring (bicyclic) bond motifs is 1. The number of anilines is 1. The highest BCUT2D eigenvalue weighted by molar-refractivity contribution is 7.15. The van der Waals surface area contributed by atoms with E-state index < -0.39 is 0 Å². The number of aromatic nitrogens is 1. The van der Waals surface area contributed by atoms with Gasteiger partial charge in [-0.25, -0.2) is 4.98 Å².